The minimum atomic E-state index is -0.210. The van der Waals surface area contributed by atoms with Gasteiger partial charge in [0.25, 0.3) is 0 Å². The second kappa shape index (κ2) is 11.4. The highest BCUT2D eigenvalue weighted by molar-refractivity contribution is 5.85. The van der Waals surface area contributed by atoms with Gasteiger partial charge in [0.2, 0.25) is 5.91 Å². The number of para-hydroxylation sites is 1. The van der Waals surface area contributed by atoms with Gasteiger partial charge in [0, 0.05) is 20.2 Å². The van der Waals surface area contributed by atoms with Gasteiger partial charge in [0.15, 0.2) is 0 Å². The molecule has 0 aliphatic carbocycles. The monoisotopic (exact) mass is 316 g/mol. The van der Waals surface area contributed by atoms with Crippen molar-refractivity contribution in [3.05, 3.63) is 29.8 Å². The fraction of sp³-hybridized carbons (Fsp3) is 0.533. The maximum Gasteiger partial charge on any atom is 0.222 e. The van der Waals surface area contributed by atoms with Crippen molar-refractivity contribution >= 4 is 18.3 Å². The first kappa shape index (κ1) is 19.7. The SMILES string of the molecule is COC(CN)CC(=O)NCCCOc1ccccc1C.Cl. The molecule has 120 valence electrons. The van der Waals surface area contributed by atoms with Gasteiger partial charge < -0.3 is 20.5 Å². The fourth-order valence-electron chi connectivity index (χ4n) is 1.74. The summed E-state index contributed by atoms with van der Waals surface area (Å²) in [4.78, 5) is 11.6. The van der Waals surface area contributed by atoms with Gasteiger partial charge >= 0.3 is 0 Å². The number of nitrogens with one attached hydrogen (secondary N) is 1. The third-order valence-electron chi connectivity index (χ3n) is 3.00. The summed E-state index contributed by atoms with van der Waals surface area (Å²) in [5.41, 5.74) is 6.57. The Hall–Kier alpha value is -1.30. The van der Waals surface area contributed by atoms with E-state index in [4.69, 9.17) is 15.2 Å². The molecule has 0 fully saturated rings. The number of hydrogen-bond donors (Lipinski definition) is 2. The number of methoxy groups -OCH3 is 1. The van der Waals surface area contributed by atoms with Gasteiger partial charge in [0.1, 0.15) is 5.75 Å². The Bertz CT molecular complexity index is 412. The molecule has 3 N–H and O–H groups in total. The molecule has 0 saturated heterocycles. The van der Waals surface area contributed by atoms with Crippen LogP contribution in [0, 0.1) is 6.92 Å². The standard InChI is InChI=1S/C15H24N2O3.ClH/c1-12-6-3-4-7-14(12)20-9-5-8-17-15(18)10-13(11-16)19-2;/h3-4,6-7,13H,5,8-11,16H2,1-2H3,(H,17,18);1H. The zero-order valence-corrected chi connectivity index (χ0v) is 13.4. The van der Waals surface area contributed by atoms with Crippen LogP contribution >= 0.6 is 12.4 Å². The molecule has 1 rings (SSSR count). The number of amides is 1. The summed E-state index contributed by atoms with van der Waals surface area (Å²) < 4.78 is 10.7. The van der Waals surface area contributed by atoms with Gasteiger partial charge in [-0.3, -0.25) is 4.79 Å². The van der Waals surface area contributed by atoms with E-state index in [1.807, 2.05) is 31.2 Å². The van der Waals surface area contributed by atoms with Gasteiger partial charge in [0.05, 0.1) is 19.1 Å². The molecular formula is C15H25ClN2O3. The molecule has 5 nitrogen and oxygen atoms in total. The maximum absolute atomic E-state index is 11.6. The summed E-state index contributed by atoms with van der Waals surface area (Å²) in [5.74, 6) is 0.847. The van der Waals surface area contributed by atoms with Crippen molar-refractivity contribution in [3.8, 4) is 5.75 Å². The summed E-state index contributed by atoms with van der Waals surface area (Å²) in [7, 11) is 1.56. The van der Waals surface area contributed by atoms with Gasteiger partial charge in [-0.25, -0.2) is 0 Å². The number of carbonyl (C=O) groups excluding carboxylic acids is 1. The summed E-state index contributed by atoms with van der Waals surface area (Å²) in [6.07, 6.45) is 0.852. The van der Waals surface area contributed by atoms with Crippen LogP contribution in [0.15, 0.2) is 24.3 Å². The Morgan fingerprint density at radius 2 is 2.10 bits per heavy atom. The number of ether oxygens (including phenoxy) is 2. The Labute approximate surface area is 132 Å². The first-order valence-electron chi connectivity index (χ1n) is 6.85. The summed E-state index contributed by atoms with van der Waals surface area (Å²) >= 11 is 0. The Balaban J connectivity index is 0.00000400. The van der Waals surface area contributed by atoms with E-state index in [1.54, 1.807) is 7.11 Å². The molecule has 0 aromatic heterocycles. The number of benzene rings is 1. The van der Waals surface area contributed by atoms with Crippen LogP contribution in [0.25, 0.3) is 0 Å². The molecule has 6 heteroatoms. The van der Waals surface area contributed by atoms with Crippen LogP contribution in [0.2, 0.25) is 0 Å². The molecule has 0 heterocycles. The van der Waals surface area contributed by atoms with Crippen LogP contribution in [0.5, 0.6) is 5.75 Å². The predicted molar refractivity (Wildman–Crippen MR) is 86.0 cm³/mol. The molecule has 1 aromatic carbocycles. The summed E-state index contributed by atoms with van der Waals surface area (Å²) in [5, 5.41) is 2.83. The highest BCUT2D eigenvalue weighted by atomic mass is 35.5. The van der Waals surface area contributed by atoms with E-state index in [-0.39, 0.29) is 24.4 Å². The molecule has 0 aliphatic heterocycles. The molecule has 0 bridgehead atoms. The average Bonchev–Trinajstić information content (AvgIpc) is 2.46. The van der Waals surface area contributed by atoms with Crippen LogP contribution in [0.3, 0.4) is 0 Å². The van der Waals surface area contributed by atoms with Crippen molar-refractivity contribution < 1.29 is 14.3 Å². The fourth-order valence-corrected chi connectivity index (χ4v) is 1.74. The third kappa shape index (κ3) is 7.90. The van der Waals surface area contributed by atoms with Crippen molar-refractivity contribution in [3.63, 3.8) is 0 Å². The van der Waals surface area contributed by atoms with Crippen LogP contribution in [-0.2, 0) is 9.53 Å². The quantitative estimate of drug-likeness (QED) is 0.680. The van der Waals surface area contributed by atoms with Crippen LogP contribution in [0.4, 0.5) is 0 Å². The van der Waals surface area contributed by atoms with Gasteiger partial charge in [-0.05, 0) is 25.0 Å². The first-order valence-corrected chi connectivity index (χ1v) is 6.85. The van der Waals surface area contributed by atoms with E-state index < -0.39 is 0 Å². The number of aryl methyl sites for hydroxylation is 1. The topological polar surface area (TPSA) is 73.6 Å². The minimum absolute atomic E-state index is 0. The minimum Gasteiger partial charge on any atom is -0.493 e. The normalized spacial score (nSPS) is 11.4. The van der Waals surface area contributed by atoms with Gasteiger partial charge in [-0.15, -0.1) is 12.4 Å². The zero-order chi connectivity index (χ0) is 14.8. The van der Waals surface area contributed by atoms with Crippen molar-refractivity contribution in [2.24, 2.45) is 5.73 Å². The number of nitrogens with two attached hydrogens (primary N) is 1. The molecule has 1 unspecified atom stereocenters. The lowest BCUT2D eigenvalue weighted by atomic mass is 10.2. The molecule has 1 aromatic rings. The van der Waals surface area contributed by atoms with E-state index in [0.29, 0.717) is 26.1 Å². The molecule has 1 atom stereocenters. The number of hydrogen-bond acceptors (Lipinski definition) is 4. The van der Waals surface area contributed by atoms with E-state index >= 15 is 0 Å². The molecule has 1 amide bonds. The third-order valence-corrected chi connectivity index (χ3v) is 3.00. The largest absolute Gasteiger partial charge is 0.493 e. The zero-order valence-electron chi connectivity index (χ0n) is 12.6. The predicted octanol–water partition coefficient (Wildman–Crippen LogP) is 1.67. The molecule has 21 heavy (non-hydrogen) atoms. The number of halogens is 1. The lowest BCUT2D eigenvalue weighted by molar-refractivity contribution is -0.123. The highest BCUT2D eigenvalue weighted by Gasteiger charge is 2.10. The lowest BCUT2D eigenvalue weighted by Gasteiger charge is -2.13. The Kier molecular flexibility index (Phi) is 10.7. The molecule has 0 aliphatic rings. The van der Waals surface area contributed by atoms with Gasteiger partial charge in [-0.1, -0.05) is 18.2 Å². The van der Waals surface area contributed by atoms with E-state index in [1.165, 1.54) is 0 Å². The van der Waals surface area contributed by atoms with E-state index in [9.17, 15) is 4.79 Å². The van der Waals surface area contributed by atoms with Gasteiger partial charge in [-0.2, -0.15) is 0 Å². The van der Waals surface area contributed by atoms with Crippen molar-refractivity contribution in [1.29, 1.82) is 0 Å². The smallest absolute Gasteiger partial charge is 0.222 e. The van der Waals surface area contributed by atoms with Crippen LogP contribution < -0.4 is 15.8 Å². The van der Waals surface area contributed by atoms with Crippen molar-refractivity contribution in [2.45, 2.75) is 25.9 Å². The van der Waals surface area contributed by atoms with Crippen LogP contribution in [0.1, 0.15) is 18.4 Å². The molecule has 0 radical (unpaired) electrons. The molecular weight excluding hydrogens is 292 g/mol. The average molecular weight is 317 g/mol. The van der Waals surface area contributed by atoms with Crippen LogP contribution in [-0.4, -0.2) is 38.8 Å². The molecule has 0 spiro atoms. The van der Waals surface area contributed by atoms with E-state index in [2.05, 4.69) is 5.32 Å². The first-order chi connectivity index (χ1) is 9.67. The second-order valence-electron chi connectivity index (χ2n) is 4.62. The lowest BCUT2D eigenvalue weighted by Crippen LogP contribution is -2.33. The Morgan fingerprint density at radius 1 is 1.38 bits per heavy atom. The van der Waals surface area contributed by atoms with Crippen molar-refractivity contribution in [1.82, 2.24) is 5.32 Å². The summed E-state index contributed by atoms with van der Waals surface area (Å²) in [6, 6.07) is 7.88. The summed E-state index contributed by atoms with van der Waals surface area (Å²) in [6.45, 7) is 3.52. The second-order valence-corrected chi connectivity index (χ2v) is 4.62. The number of carbonyl (C=O) groups is 1. The van der Waals surface area contributed by atoms with Crippen molar-refractivity contribution in [2.75, 3.05) is 26.8 Å². The Morgan fingerprint density at radius 3 is 2.71 bits per heavy atom. The highest BCUT2D eigenvalue weighted by Crippen LogP contribution is 2.15. The molecule has 0 saturated carbocycles. The maximum atomic E-state index is 11.6. The van der Waals surface area contributed by atoms with E-state index in [0.717, 1.165) is 17.7 Å². The number of rotatable bonds is 9.